The first kappa shape index (κ1) is 29.1. The molecule has 4 heterocycles. The van der Waals surface area contributed by atoms with Crippen LogP contribution in [-0.2, 0) is 4.74 Å². The lowest BCUT2D eigenvalue weighted by molar-refractivity contribution is 0.0218. The van der Waals surface area contributed by atoms with Crippen molar-refractivity contribution in [3.05, 3.63) is 50.2 Å². The number of hydrogen-bond acceptors (Lipinski definition) is 7. The Morgan fingerprint density at radius 1 is 1.10 bits per heavy atom. The Hall–Kier alpha value is -2.91. The van der Waals surface area contributed by atoms with E-state index in [0.717, 1.165) is 11.3 Å². The molecule has 1 amide bonds. The summed E-state index contributed by atoms with van der Waals surface area (Å²) in [6.45, 7) is 17.0. The molecule has 0 bridgehead atoms. The van der Waals surface area contributed by atoms with Crippen LogP contribution in [-0.4, -0.2) is 61.8 Å². The van der Waals surface area contributed by atoms with Gasteiger partial charge in [-0.05, 0) is 57.2 Å². The molecule has 0 radical (unpaired) electrons. The molecule has 1 saturated heterocycles. The van der Waals surface area contributed by atoms with Gasteiger partial charge in [-0.15, -0.1) is 0 Å². The molecular weight excluding hydrogens is 539 g/mol. The van der Waals surface area contributed by atoms with Crippen LogP contribution in [0.1, 0.15) is 78.5 Å². The third-order valence-corrected chi connectivity index (χ3v) is 7.36. The lowest BCUT2D eigenvalue weighted by atomic mass is 9.97. The number of rotatable bonds is 4. The highest BCUT2D eigenvalue weighted by atomic mass is 35.5. The highest BCUT2D eigenvalue weighted by Crippen LogP contribution is 2.35. The topological polar surface area (TPSA) is 93.5 Å². The van der Waals surface area contributed by atoms with Crippen molar-refractivity contribution in [3.8, 4) is 5.69 Å². The molecule has 39 heavy (non-hydrogen) atoms. The lowest BCUT2D eigenvalue weighted by Crippen LogP contribution is -2.55. The predicted octanol–water partition coefficient (Wildman–Crippen LogP) is 6.17. The molecular formula is C28H36Cl2N6O3. The van der Waals surface area contributed by atoms with Crippen molar-refractivity contribution in [2.45, 2.75) is 78.9 Å². The van der Waals surface area contributed by atoms with Crippen LogP contribution in [0.3, 0.4) is 0 Å². The maximum Gasteiger partial charge on any atom is 0.410 e. The highest BCUT2D eigenvalue weighted by molar-refractivity contribution is 6.41. The second-order valence-corrected chi connectivity index (χ2v) is 12.4. The van der Waals surface area contributed by atoms with Gasteiger partial charge in [-0.2, -0.15) is 4.98 Å². The summed E-state index contributed by atoms with van der Waals surface area (Å²) in [5.41, 5.74) is 1.69. The Morgan fingerprint density at radius 3 is 2.38 bits per heavy atom. The fourth-order valence-corrected chi connectivity index (χ4v) is 5.17. The standard InChI is InChI=1S/C28H36Cl2N6O3/c1-15(2)18-9-10-31-21(16(3)4)22(18)36-25-19(13-20(29)23(30)32-25)24(33-26(36)37)35-12-11-34(14-17(35)5)27(38)39-28(6,7)8/h9-10,13,15-17H,11-12,14H2,1-8H3/t17-/m0/s1. The third kappa shape index (κ3) is 5.84. The van der Waals surface area contributed by atoms with E-state index in [1.807, 2.05) is 52.5 Å². The first-order chi connectivity index (χ1) is 18.2. The maximum absolute atomic E-state index is 13.9. The zero-order valence-corrected chi connectivity index (χ0v) is 25.3. The minimum atomic E-state index is -0.586. The Kier molecular flexibility index (Phi) is 8.15. The molecule has 0 aromatic carbocycles. The van der Waals surface area contributed by atoms with E-state index in [1.54, 1.807) is 17.2 Å². The minimum absolute atomic E-state index is 0.0454. The van der Waals surface area contributed by atoms with Gasteiger partial charge in [-0.3, -0.25) is 4.98 Å². The fraction of sp³-hybridized carbons (Fsp3) is 0.536. The summed E-state index contributed by atoms with van der Waals surface area (Å²) in [6.07, 6.45) is 1.41. The Labute approximate surface area is 239 Å². The van der Waals surface area contributed by atoms with Gasteiger partial charge in [-0.1, -0.05) is 50.9 Å². The summed E-state index contributed by atoms with van der Waals surface area (Å²) in [4.78, 5) is 44.1. The van der Waals surface area contributed by atoms with Gasteiger partial charge in [-0.25, -0.2) is 19.1 Å². The van der Waals surface area contributed by atoms with Crippen LogP contribution in [0.5, 0.6) is 0 Å². The maximum atomic E-state index is 13.9. The van der Waals surface area contributed by atoms with Crippen LogP contribution < -0.4 is 10.6 Å². The number of carbonyl (C=O) groups excluding carboxylic acids is 1. The molecule has 1 aliphatic heterocycles. The predicted molar refractivity (Wildman–Crippen MR) is 156 cm³/mol. The average Bonchev–Trinajstić information content (AvgIpc) is 2.83. The SMILES string of the molecule is CC(C)c1ccnc(C(C)C)c1-n1c(=O)nc(N2CCN(C(=O)OC(C)(C)C)C[C@@H]2C)c2cc(Cl)c(Cl)nc21. The number of anilines is 1. The number of aromatic nitrogens is 4. The molecule has 3 aromatic heterocycles. The molecule has 0 unspecified atom stereocenters. The number of amides is 1. The number of hydrogen-bond donors (Lipinski definition) is 0. The summed E-state index contributed by atoms with van der Waals surface area (Å²) in [7, 11) is 0. The number of carbonyl (C=O) groups is 1. The van der Waals surface area contributed by atoms with Crippen LogP contribution in [0.2, 0.25) is 10.2 Å². The van der Waals surface area contributed by atoms with Crippen LogP contribution in [0.25, 0.3) is 16.7 Å². The number of halogens is 2. The molecule has 1 fully saturated rings. The number of piperazine rings is 1. The monoisotopic (exact) mass is 574 g/mol. The van der Waals surface area contributed by atoms with Crippen molar-refractivity contribution in [3.63, 3.8) is 0 Å². The molecule has 0 aliphatic carbocycles. The van der Waals surface area contributed by atoms with Crippen molar-refractivity contribution >= 4 is 46.1 Å². The fourth-order valence-electron chi connectivity index (χ4n) is 4.89. The molecule has 3 aromatic rings. The summed E-state index contributed by atoms with van der Waals surface area (Å²) < 4.78 is 7.08. The van der Waals surface area contributed by atoms with Gasteiger partial charge < -0.3 is 14.5 Å². The molecule has 0 N–H and O–H groups in total. The molecule has 210 valence electrons. The van der Waals surface area contributed by atoms with Gasteiger partial charge in [0.05, 0.1) is 21.8 Å². The average molecular weight is 576 g/mol. The number of nitrogens with zero attached hydrogens (tertiary/aromatic N) is 6. The van der Waals surface area contributed by atoms with E-state index in [4.69, 9.17) is 27.9 Å². The second kappa shape index (κ2) is 10.9. The first-order valence-electron chi connectivity index (χ1n) is 13.2. The molecule has 0 spiro atoms. The van der Waals surface area contributed by atoms with Crippen LogP contribution in [0, 0.1) is 0 Å². The zero-order valence-electron chi connectivity index (χ0n) is 23.7. The van der Waals surface area contributed by atoms with E-state index >= 15 is 0 Å². The number of ether oxygens (including phenoxy) is 1. The number of pyridine rings is 2. The third-order valence-electron chi connectivity index (χ3n) is 6.69. The van der Waals surface area contributed by atoms with Gasteiger partial charge in [0.25, 0.3) is 0 Å². The van der Waals surface area contributed by atoms with Gasteiger partial charge >= 0.3 is 11.8 Å². The lowest BCUT2D eigenvalue weighted by Gasteiger charge is -2.41. The molecule has 4 rings (SSSR count). The van der Waals surface area contributed by atoms with Crippen molar-refractivity contribution in [1.29, 1.82) is 0 Å². The van der Waals surface area contributed by atoms with Crippen LogP contribution in [0.15, 0.2) is 23.1 Å². The van der Waals surface area contributed by atoms with Crippen LogP contribution >= 0.6 is 23.2 Å². The van der Waals surface area contributed by atoms with Crippen molar-refractivity contribution in [1.82, 2.24) is 24.4 Å². The smallest absolute Gasteiger partial charge is 0.410 e. The van der Waals surface area contributed by atoms with E-state index in [2.05, 4.69) is 28.8 Å². The Balaban J connectivity index is 1.89. The van der Waals surface area contributed by atoms with Crippen molar-refractivity contribution in [2.24, 2.45) is 0 Å². The highest BCUT2D eigenvalue weighted by Gasteiger charge is 2.33. The van der Waals surface area contributed by atoms with E-state index < -0.39 is 11.3 Å². The van der Waals surface area contributed by atoms with E-state index in [1.165, 1.54) is 4.57 Å². The normalized spacial score (nSPS) is 16.5. The first-order valence-corrected chi connectivity index (χ1v) is 14.0. The molecule has 0 saturated carbocycles. The number of fused-ring (bicyclic) bond motifs is 1. The second-order valence-electron chi connectivity index (χ2n) is 11.6. The van der Waals surface area contributed by atoms with Gasteiger partial charge in [0.15, 0.2) is 5.65 Å². The summed E-state index contributed by atoms with van der Waals surface area (Å²) in [6, 6.07) is 3.48. The van der Waals surface area contributed by atoms with Crippen molar-refractivity contribution < 1.29 is 9.53 Å². The van der Waals surface area contributed by atoms with Crippen LogP contribution in [0.4, 0.5) is 10.6 Å². The largest absolute Gasteiger partial charge is 0.444 e. The van der Waals surface area contributed by atoms with E-state index in [0.29, 0.717) is 42.2 Å². The molecule has 1 aliphatic rings. The molecule has 1 atom stereocenters. The minimum Gasteiger partial charge on any atom is -0.444 e. The summed E-state index contributed by atoms with van der Waals surface area (Å²) in [5, 5.41) is 0.949. The van der Waals surface area contributed by atoms with Crippen molar-refractivity contribution in [2.75, 3.05) is 24.5 Å². The molecule has 11 heteroatoms. The summed E-state index contributed by atoms with van der Waals surface area (Å²) in [5.74, 6) is 0.615. The Bertz CT molecular complexity index is 1440. The van der Waals surface area contributed by atoms with Gasteiger partial charge in [0, 0.05) is 31.9 Å². The zero-order chi connectivity index (χ0) is 28.8. The summed E-state index contributed by atoms with van der Waals surface area (Å²) >= 11 is 12.9. The van der Waals surface area contributed by atoms with Gasteiger partial charge in [0.1, 0.15) is 16.6 Å². The van der Waals surface area contributed by atoms with E-state index in [-0.39, 0.29) is 34.1 Å². The van der Waals surface area contributed by atoms with Gasteiger partial charge in [0.2, 0.25) is 0 Å². The molecule has 9 nitrogen and oxygen atoms in total. The van der Waals surface area contributed by atoms with E-state index in [9.17, 15) is 9.59 Å². The quantitative estimate of drug-likeness (QED) is 0.343. The Morgan fingerprint density at radius 2 is 1.79 bits per heavy atom.